The van der Waals surface area contributed by atoms with E-state index in [2.05, 4.69) is 4.98 Å². The van der Waals surface area contributed by atoms with Crippen LogP contribution in [0.2, 0.25) is 0 Å². The Morgan fingerprint density at radius 2 is 1.31 bits per heavy atom. The maximum Gasteiger partial charge on any atom is 0.489 e. The normalized spacial score (nSPS) is 12.4. The first-order valence-corrected chi connectivity index (χ1v) is 11.2. The van der Waals surface area contributed by atoms with Crippen molar-refractivity contribution in [1.82, 2.24) is 9.55 Å². The third-order valence-corrected chi connectivity index (χ3v) is 6.50. The van der Waals surface area contributed by atoms with Crippen LogP contribution in [0.4, 0.5) is 0 Å². The van der Waals surface area contributed by atoms with Crippen LogP contribution >= 0.6 is 0 Å². The zero-order chi connectivity index (χ0) is 25.0. The second-order valence-electron chi connectivity index (χ2n) is 8.49. The maximum absolute atomic E-state index is 13.9. The van der Waals surface area contributed by atoms with Crippen molar-refractivity contribution in [2.75, 3.05) is 0 Å². The highest BCUT2D eigenvalue weighted by Gasteiger charge is 2.33. The second-order valence-corrected chi connectivity index (χ2v) is 8.49. The largest absolute Gasteiger partial charge is 0.489 e. The smallest absolute Gasteiger partial charge is 0.423 e. The van der Waals surface area contributed by atoms with Gasteiger partial charge in [0.25, 0.3) is 5.91 Å². The summed E-state index contributed by atoms with van der Waals surface area (Å²) in [6.45, 7) is 0. The molecule has 0 spiro atoms. The van der Waals surface area contributed by atoms with Gasteiger partial charge in [-0.2, -0.15) is 0 Å². The van der Waals surface area contributed by atoms with Gasteiger partial charge >= 0.3 is 7.12 Å². The molecule has 0 amide bonds. The Morgan fingerprint density at radius 3 is 2.06 bits per heavy atom. The molecule has 2 N–H and O–H groups in total. The summed E-state index contributed by atoms with van der Waals surface area (Å²) in [4.78, 5) is 44.9. The first-order chi connectivity index (χ1) is 17.5. The van der Waals surface area contributed by atoms with Gasteiger partial charge in [-0.05, 0) is 23.2 Å². The van der Waals surface area contributed by atoms with Gasteiger partial charge in [0.1, 0.15) is 6.33 Å². The summed E-state index contributed by atoms with van der Waals surface area (Å²) in [6.07, 6.45) is 1.37. The number of ketones is 2. The fourth-order valence-corrected chi connectivity index (χ4v) is 4.86. The first-order valence-electron chi connectivity index (χ1n) is 11.2. The molecule has 0 radical (unpaired) electrons. The number of hydrogen-bond donors (Lipinski definition) is 2. The van der Waals surface area contributed by atoms with Crippen LogP contribution in [0.3, 0.4) is 0 Å². The van der Waals surface area contributed by atoms with E-state index in [4.69, 9.17) is 0 Å². The Morgan fingerprint density at radius 1 is 0.694 bits per heavy atom. The first kappa shape index (κ1) is 21.9. The molecule has 1 aliphatic carbocycles. The average molecular weight is 472 g/mol. The molecule has 0 saturated carbocycles. The van der Waals surface area contributed by atoms with Gasteiger partial charge in [-0.25, -0.2) is 4.98 Å². The predicted octanol–water partition coefficient (Wildman–Crippen LogP) is 2.85. The summed E-state index contributed by atoms with van der Waals surface area (Å²) in [5, 5.41) is 19.8. The Balaban J connectivity index is 1.56. The van der Waals surface area contributed by atoms with E-state index < -0.39 is 13.0 Å². The molecule has 1 heterocycles. The molecular formula is C28H17BN2O5. The SMILES string of the molecule is O=C1c2ccccc2C(=O)c2c1cccc2C(=O)n1cnc2cccc(-c3ccccc3B(O)O)c21. The topological polar surface area (TPSA) is 109 Å². The summed E-state index contributed by atoms with van der Waals surface area (Å²) in [6, 6.07) is 23.3. The summed E-state index contributed by atoms with van der Waals surface area (Å²) in [5.41, 5.74) is 3.25. The minimum atomic E-state index is -1.71. The van der Waals surface area contributed by atoms with Crippen LogP contribution in [0, 0.1) is 0 Å². The number of benzene rings is 4. The highest BCUT2D eigenvalue weighted by molar-refractivity contribution is 6.60. The van der Waals surface area contributed by atoms with Crippen LogP contribution in [0.1, 0.15) is 42.2 Å². The molecule has 0 fully saturated rings. The van der Waals surface area contributed by atoms with Crippen molar-refractivity contribution in [2.24, 2.45) is 0 Å². The van der Waals surface area contributed by atoms with Gasteiger partial charge in [-0.1, -0.05) is 72.8 Å². The fourth-order valence-electron chi connectivity index (χ4n) is 4.86. The van der Waals surface area contributed by atoms with Gasteiger partial charge in [0.15, 0.2) is 11.6 Å². The Hall–Kier alpha value is -4.66. The highest BCUT2D eigenvalue weighted by Crippen LogP contribution is 2.32. The third kappa shape index (κ3) is 3.16. The number of carbonyl (C=O) groups is 3. The number of imidazole rings is 1. The van der Waals surface area contributed by atoms with E-state index in [-0.39, 0.29) is 39.3 Å². The quantitative estimate of drug-likeness (QED) is 0.384. The molecule has 8 heteroatoms. The summed E-state index contributed by atoms with van der Waals surface area (Å²) in [7, 11) is -1.71. The van der Waals surface area contributed by atoms with Crippen LogP contribution in [-0.4, -0.2) is 44.2 Å². The molecule has 1 aliphatic rings. The minimum Gasteiger partial charge on any atom is -0.423 e. The van der Waals surface area contributed by atoms with Crippen molar-refractivity contribution < 1.29 is 24.4 Å². The van der Waals surface area contributed by atoms with Crippen molar-refractivity contribution in [1.29, 1.82) is 0 Å². The lowest BCUT2D eigenvalue weighted by Crippen LogP contribution is -2.31. The van der Waals surface area contributed by atoms with Gasteiger partial charge in [0, 0.05) is 27.8 Å². The van der Waals surface area contributed by atoms with Gasteiger partial charge in [-0.3, -0.25) is 19.0 Å². The maximum atomic E-state index is 13.9. The molecule has 172 valence electrons. The van der Waals surface area contributed by atoms with Crippen LogP contribution < -0.4 is 5.46 Å². The molecule has 36 heavy (non-hydrogen) atoms. The summed E-state index contributed by atoms with van der Waals surface area (Å²) in [5.74, 6) is -1.22. The lowest BCUT2D eigenvalue weighted by Gasteiger charge is -2.20. The van der Waals surface area contributed by atoms with E-state index in [1.165, 1.54) is 17.0 Å². The van der Waals surface area contributed by atoms with Crippen molar-refractivity contribution in [2.45, 2.75) is 0 Å². The minimum absolute atomic E-state index is 0.0664. The number of hydrogen-bond acceptors (Lipinski definition) is 6. The van der Waals surface area contributed by atoms with Gasteiger partial charge in [0.2, 0.25) is 0 Å². The van der Waals surface area contributed by atoms with E-state index >= 15 is 0 Å². The van der Waals surface area contributed by atoms with E-state index in [0.29, 0.717) is 27.7 Å². The number of carbonyl (C=O) groups excluding carboxylic acids is 3. The van der Waals surface area contributed by atoms with E-state index in [1.807, 2.05) is 0 Å². The van der Waals surface area contributed by atoms with Gasteiger partial charge in [0.05, 0.1) is 16.6 Å². The second kappa shape index (κ2) is 8.23. The van der Waals surface area contributed by atoms with E-state index in [1.54, 1.807) is 78.9 Å². The summed E-state index contributed by atoms with van der Waals surface area (Å²) >= 11 is 0. The van der Waals surface area contributed by atoms with E-state index in [0.717, 1.165) is 0 Å². The zero-order valence-corrected chi connectivity index (χ0v) is 18.8. The molecule has 4 aromatic carbocycles. The van der Waals surface area contributed by atoms with Crippen LogP contribution in [-0.2, 0) is 0 Å². The molecule has 0 aliphatic heterocycles. The predicted molar refractivity (Wildman–Crippen MR) is 134 cm³/mol. The average Bonchev–Trinajstić information content (AvgIpc) is 3.35. The molecule has 0 bridgehead atoms. The van der Waals surface area contributed by atoms with Gasteiger partial charge < -0.3 is 10.0 Å². The number of rotatable bonds is 3. The summed E-state index contributed by atoms with van der Waals surface area (Å²) < 4.78 is 1.33. The van der Waals surface area contributed by atoms with Crippen LogP contribution in [0.15, 0.2) is 91.3 Å². The Labute approximate surface area is 205 Å². The van der Waals surface area contributed by atoms with Crippen molar-refractivity contribution in [3.63, 3.8) is 0 Å². The lowest BCUT2D eigenvalue weighted by atomic mass is 9.75. The third-order valence-electron chi connectivity index (χ3n) is 6.50. The van der Waals surface area contributed by atoms with Crippen LogP contribution in [0.5, 0.6) is 0 Å². The molecule has 5 aromatic rings. The van der Waals surface area contributed by atoms with Crippen LogP contribution in [0.25, 0.3) is 22.2 Å². The lowest BCUT2D eigenvalue weighted by molar-refractivity contribution is 0.0945. The van der Waals surface area contributed by atoms with Crippen molar-refractivity contribution in [3.8, 4) is 11.1 Å². The molecule has 0 unspecified atom stereocenters. The zero-order valence-electron chi connectivity index (χ0n) is 18.8. The Bertz CT molecular complexity index is 1740. The molecule has 7 nitrogen and oxygen atoms in total. The highest BCUT2D eigenvalue weighted by atomic mass is 16.4. The van der Waals surface area contributed by atoms with Gasteiger partial charge in [-0.15, -0.1) is 0 Å². The van der Waals surface area contributed by atoms with Crippen molar-refractivity contribution >= 4 is 41.1 Å². The number of para-hydroxylation sites is 1. The number of nitrogens with zero attached hydrogens (tertiary/aromatic N) is 2. The van der Waals surface area contributed by atoms with E-state index in [9.17, 15) is 24.4 Å². The number of fused-ring (bicyclic) bond motifs is 3. The standard InChI is InChI=1S/C28H17BN2O5/c32-26-18-8-1-2-9-19(18)27(33)24-20(26)11-5-12-21(24)28(34)31-15-30-23-14-6-10-17(25(23)31)16-7-3-4-13-22(16)29(35)36/h1-15,35-36H. The van der Waals surface area contributed by atoms with Crippen molar-refractivity contribution in [3.05, 3.63) is 119 Å². The molecule has 0 atom stereocenters. The molecule has 6 rings (SSSR count). The number of aromatic nitrogens is 2. The molecule has 1 aromatic heterocycles. The molecule has 0 saturated heterocycles. The Kier molecular flexibility index (Phi) is 5.00. The monoisotopic (exact) mass is 472 g/mol. The molecular weight excluding hydrogens is 455 g/mol. The fraction of sp³-hybridized carbons (Fsp3) is 0.